The molecule has 4 heteroatoms. The fourth-order valence-electron chi connectivity index (χ4n) is 0.709. The minimum absolute atomic E-state index is 0.0948. The molecule has 0 bridgehead atoms. The number of carbonyl (C=O) groups excluding carboxylic acids is 1. The van der Waals surface area contributed by atoms with Crippen LogP contribution < -0.4 is 5.32 Å². The van der Waals surface area contributed by atoms with Gasteiger partial charge in [0.05, 0.1) is 5.54 Å². The van der Waals surface area contributed by atoms with Crippen LogP contribution in [0.25, 0.3) is 0 Å². The molecular weight excluding hydrogens is 298 g/mol. The summed E-state index contributed by atoms with van der Waals surface area (Å²) < 4.78 is 0. The summed E-state index contributed by atoms with van der Waals surface area (Å²) in [6, 6.07) is 0. The number of amides is 1. The van der Waals surface area contributed by atoms with Gasteiger partial charge in [-0.3, -0.25) is 4.79 Å². The Labute approximate surface area is 97.1 Å². The van der Waals surface area contributed by atoms with Crippen molar-refractivity contribution in [2.75, 3.05) is 10.7 Å². The first kappa shape index (κ1) is 13.4. The predicted octanol–water partition coefficient (Wildman–Crippen LogP) is 2.70. The first-order valence-electron chi connectivity index (χ1n) is 4.43. The van der Waals surface area contributed by atoms with E-state index in [0.29, 0.717) is 0 Å². The van der Waals surface area contributed by atoms with Gasteiger partial charge >= 0.3 is 0 Å². The van der Waals surface area contributed by atoms with Crippen LogP contribution in [0.4, 0.5) is 0 Å². The van der Waals surface area contributed by atoms with E-state index in [9.17, 15) is 4.79 Å². The monoisotopic (exact) mass is 313 g/mol. The Morgan fingerprint density at radius 2 is 1.92 bits per heavy atom. The zero-order valence-electron chi connectivity index (χ0n) is 8.36. The Morgan fingerprint density at radius 1 is 1.46 bits per heavy atom. The Morgan fingerprint density at radius 3 is 2.23 bits per heavy atom. The highest BCUT2D eigenvalue weighted by Gasteiger charge is 2.25. The molecule has 1 atom stereocenters. The van der Waals surface area contributed by atoms with Gasteiger partial charge in [0.25, 0.3) is 0 Å². The summed E-state index contributed by atoms with van der Waals surface area (Å²) in [4.78, 5) is 11.6. The molecule has 0 heterocycles. The minimum atomic E-state index is -0.180. The Bertz CT molecular complexity index is 169. The number of hydrogen-bond acceptors (Lipinski definition) is 1. The van der Waals surface area contributed by atoms with Gasteiger partial charge in [0, 0.05) is 16.6 Å². The van der Waals surface area contributed by atoms with Gasteiger partial charge in [0.15, 0.2) is 0 Å². The highest BCUT2D eigenvalue weighted by molar-refractivity contribution is 9.09. The van der Waals surface area contributed by atoms with Crippen LogP contribution in [0.1, 0.15) is 27.2 Å². The normalized spacial score (nSPS) is 13.9. The van der Waals surface area contributed by atoms with Crippen molar-refractivity contribution in [1.29, 1.82) is 0 Å². The molecule has 78 valence electrons. The standard InChI is InChI=1S/C9H17Br2NO/c1-4-7(2)8(13)12-9(3,5-10)6-11/h7H,4-6H2,1-3H3,(H,12,13). The van der Waals surface area contributed by atoms with Crippen molar-refractivity contribution in [3.05, 3.63) is 0 Å². The summed E-state index contributed by atoms with van der Waals surface area (Å²) in [5.74, 6) is 0.223. The predicted molar refractivity (Wildman–Crippen MR) is 63.6 cm³/mol. The lowest BCUT2D eigenvalue weighted by Gasteiger charge is -2.27. The number of carbonyl (C=O) groups is 1. The Hall–Kier alpha value is 0.430. The van der Waals surface area contributed by atoms with Crippen molar-refractivity contribution < 1.29 is 4.79 Å². The highest BCUT2D eigenvalue weighted by Crippen LogP contribution is 2.13. The molecule has 1 amide bonds. The number of nitrogens with one attached hydrogen (secondary N) is 1. The van der Waals surface area contributed by atoms with Crippen molar-refractivity contribution in [2.24, 2.45) is 5.92 Å². The summed E-state index contributed by atoms with van der Waals surface area (Å²) in [6.07, 6.45) is 0.881. The maximum atomic E-state index is 11.6. The second-order valence-corrected chi connectivity index (χ2v) is 4.75. The third kappa shape index (κ3) is 4.45. The van der Waals surface area contributed by atoms with E-state index in [4.69, 9.17) is 0 Å². The first-order valence-corrected chi connectivity index (χ1v) is 6.67. The average Bonchev–Trinajstić information content (AvgIpc) is 2.16. The molecule has 0 aromatic carbocycles. The number of rotatable bonds is 5. The van der Waals surface area contributed by atoms with Crippen molar-refractivity contribution in [3.8, 4) is 0 Å². The molecule has 0 aliphatic rings. The summed E-state index contributed by atoms with van der Waals surface area (Å²) in [5.41, 5.74) is -0.180. The Kier molecular flexibility index (Phi) is 6.21. The van der Waals surface area contributed by atoms with Gasteiger partial charge in [-0.1, -0.05) is 45.7 Å². The summed E-state index contributed by atoms with van der Waals surface area (Å²) in [5, 5.41) is 4.53. The van der Waals surface area contributed by atoms with E-state index in [0.717, 1.165) is 17.1 Å². The number of halogens is 2. The van der Waals surface area contributed by atoms with E-state index in [1.54, 1.807) is 0 Å². The molecule has 0 radical (unpaired) electrons. The van der Waals surface area contributed by atoms with Crippen LogP contribution >= 0.6 is 31.9 Å². The minimum Gasteiger partial charge on any atom is -0.349 e. The molecule has 2 nitrogen and oxygen atoms in total. The van der Waals surface area contributed by atoms with Crippen LogP contribution in [0.2, 0.25) is 0 Å². The van der Waals surface area contributed by atoms with Gasteiger partial charge in [-0.2, -0.15) is 0 Å². The van der Waals surface area contributed by atoms with Gasteiger partial charge in [0.2, 0.25) is 5.91 Å². The van der Waals surface area contributed by atoms with Crippen molar-refractivity contribution in [1.82, 2.24) is 5.32 Å². The summed E-state index contributed by atoms with van der Waals surface area (Å²) in [6.45, 7) is 5.97. The second kappa shape index (κ2) is 6.02. The quantitative estimate of drug-likeness (QED) is 0.777. The highest BCUT2D eigenvalue weighted by atomic mass is 79.9. The van der Waals surface area contributed by atoms with Crippen LogP contribution in [0.3, 0.4) is 0 Å². The maximum absolute atomic E-state index is 11.6. The van der Waals surface area contributed by atoms with E-state index in [2.05, 4.69) is 37.2 Å². The van der Waals surface area contributed by atoms with E-state index in [-0.39, 0.29) is 17.4 Å². The average molecular weight is 315 g/mol. The number of alkyl halides is 2. The molecular formula is C9H17Br2NO. The van der Waals surface area contributed by atoms with Gasteiger partial charge in [0.1, 0.15) is 0 Å². The SMILES string of the molecule is CCC(C)C(=O)NC(C)(CBr)CBr. The molecule has 13 heavy (non-hydrogen) atoms. The van der Waals surface area contributed by atoms with Crippen molar-refractivity contribution in [3.63, 3.8) is 0 Å². The van der Waals surface area contributed by atoms with Crippen LogP contribution in [0.5, 0.6) is 0 Å². The van der Waals surface area contributed by atoms with E-state index in [1.807, 2.05) is 20.8 Å². The molecule has 0 spiro atoms. The summed E-state index contributed by atoms with van der Waals surface area (Å²) in [7, 11) is 0. The maximum Gasteiger partial charge on any atom is 0.223 e. The van der Waals surface area contributed by atoms with Crippen LogP contribution in [0, 0.1) is 5.92 Å². The molecule has 0 fully saturated rings. The first-order chi connectivity index (χ1) is 5.99. The molecule has 0 aliphatic heterocycles. The van der Waals surface area contributed by atoms with Crippen molar-refractivity contribution >= 4 is 37.8 Å². The van der Waals surface area contributed by atoms with Crippen LogP contribution in [-0.2, 0) is 4.79 Å². The van der Waals surface area contributed by atoms with E-state index in [1.165, 1.54) is 0 Å². The van der Waals surface area contributed by atoms with Crippen molar-refractivity contribution in [2.45, 2.75) is 32.7 Å². The lowest BCUT2D eigenvalue weighted by Crippen LogP contribution is -2.50. The molecule has 0 saturated heterocycles. The zero-order chi connectivity index (χ0) is 10.5. The molecule has 1 unspecified atom stereocenters. The van der Waals surface area contributed by atoms with E-state index < -0.39 is 0 Å². The molecule has 0 aliphatic carbocycles. The van der Waals surface area contributed by atoms with Gasteiger partial charge in [-0.05, 0) is 13.3 Å². The smallest absolute Gasteiger partial charge is 0.223 e. The molecule has 0 aromatic heterocycles. The molecule has 0 rings (SSSR count). The lowest BCUT2D eigenvalue weighted by atomic mass is 10.0. The fourth-order valence-corrected chi connectivity index (χ4v) is 1.92. The molecule has 0 saturated carbocycles. The van der Waals surface area contributed by atoms with Gasteiger partial charge in [-0.15, -0.1) is 0 Å². The third-order valence-corrected chi connectivity index (χ3v) is 4.55. The third-order valence-electron chi connectivity index (χ3n) is 2.07. The second-order valence-electron chi connectivity index (χ2n) is 3.63. The fraction of sp³-hybridized carbons (Fsp3) is 0.889. The number of hydrogen-bond donors (Lipinski definition) is 1. The van der Waals surface area contributed by atoms with Crippen LogP contribution in [0.15, 0.2) is 0 Å². The summed E-state index contributed by atoms with van der Waals surface area (Å²) >= 11 is 6.77. The molecule has 0 aromatic rings. The Balaban J connectivity index is 4.17. The molecule has 1 N–H and O–H groups in total. The van der Waals surface area contributed by atoms with Gasteiger partial charge in [-0.25, -0.2) is 0 Å². The van der Waals surface area contributed by atoms with Gasteiger partial charge < -0.3 is 5.32 Å². The topological polar surface area (TPSA) is 29.1 Å². The van der Waals surface area contributed by atoms with Crippen LogP contribution in [-0.4, -0.2) is 22.1 Å². The van der Waals surface area contributed by atoms with E-state index >= 15 is 0 Å². The zero-order valence-corrected chi connectivity index (χ0v) is 11.5. The largest absolute Gasteiger partial charge is 0.349 e. The lowest BCUT2D eigenvalue weighted by molar-refractivity contribution is -0.125.